The number of benzene rings is 1. The number of sulfonamides is 1. The largest absolute Gasteiger partial charge is 0.398 e. The van der Waals surface area contributed by atoms with E-state index in [0.717, 1.165) is 0 Å². The summed E-state index contributed by atoms with van der Waals surface area (Å²) < 4.78 is 26.3. The lowest BCUT2D eigenvalue weighted by Gasteiger charge is -2.07. The molecule has 4 N–H and O–H groups in total. The minimum Gasteiger partial charge on any atom is -0.398 e. The molecule has 9 nitrogen and oxygen atoms in total. The van der Waals surface area contributed by atoms with Gasteiger partial charge in [-0.25, -0.2) is 13.1 Å². The van der Waals surface area contributed by atoms with Crippen LogP contribution in [0.2, 0.25) is 0 Å². The zero-order chi connectivity index (χ0) is 13.9. The van der Waals surface area contributed by atoms with E-state index in [9.17, 15) is 8.42 Å². The summed E-state index contributed by atoms with van der Waals surface area (Å²) in [6, 6.07) is 5.81. The maximum absolute atomic E-state index is 12.0. The first-order chi connectivity index (χ1) is 9.03. The molecular weight excluding hydrogens is 270 g/mol. The average molecular weight is 279 g/mol. The molecule has 1 heterocycles. The number of nitriles is 1. The number of hydrogen-bond donors (Lipinski definition) is 3. The molecule has 2 rings (SSSR count). The summed E-state index contributed by atoms with van der Waals surface area (Å²) in [4.78, 5) is -0.102. The van der Waals surface area contributed by atoms with E-state index < -0.39 is 10.0 Å². The van der Waals surface area contributed by atoms with E-state index in [0.29, 0.717) is 0 Å². The highest BCUT2D eigenvalue weighted by atomic mass is 32.2. The smallest absolute Gasteiger partial charge is 0.243 e. The van der Waals surface area contributed by atoms with Crippen LogP contribution < -0.4 is 10.5 Å². The Hall–Kier alpha value is -2.51. The summed E-state index contributed by atoms with van der Waals surface area (Å²) in [7, 11) is -3.80. The summed E-state index contributed by atoms with van der Waals surface area (Å²) >= 11 is 0. The lowest BCUT2D eigenvalue weighted by atomic mass is 10.2. The second kappa shape index (κ2) is 5.01. The molecule has 1 aromatic carbocycles. The summed E-state index contributed by atoms with van der Waals surface area (Å²) in [5.74, 6) is 0.204. The number of H-pyrrole nitrogens is 1. The van der Waals surface area contributed by atoms with Gasteiger partial charge in [0, 0.05) is 0 Å². The number of nitrogens with zero attached hydrogens (tertiary/aromatic N) is 4. The standard InChI is InChI=1S/C9H9N7O2S/c10-4-6-1-2-8(7(11)3-6)19(17,18)12-5-9-13-15-16-14-9/h1-3,12H,5,11H2,(H,13,14,15,16). The van der Waals surface area contributed by atoms with E-state index in [1.807, 2.05) is 6.07 Å². The van der Waals surface area contributed by atoms with Crippen LogP contribution in [0.15, 0.2) is 23.1 Å². The minimum absolute atomic E-state index is 0.000313. The van der Waals surface area contributed by atoms with Crippen molar-refractivity contribution in [3.8, 4) is 6.07 Å². The fourth-order valence-corrected chi connectivity index (χ4v) is 2.45. The van der Waals surface area contributed by atoms with E-state index in [1.165, 1.54) is 18.2 Å². The first kappa shape index (κ1) is 12.9. The minimum atomic E-state index is -3.80. The van der Waals surface area contributed by atoms with Crippen LogP contribution in [-0.4, -0.2) is 29.0 Å². The van der Waals surface area contributed by atoms with Crippen molar-refractivity contribution in [2.75, 3.05) is 5.73 Å². The number of nitrogen functional groups attached to an aromatic ring is 1. The number of aromatic nitrogens is 4. The topological polar surface area (TPSA) is 150 Å². The van der Waals surface area contributed by atoms with E-state index in [1.54, 1.807) is 0 Å². The van der Waals surface area contributed by atoms with Gasteiger partial charge in [0.2, 0.25) is 10.0 Å². The van der Waals surface area contributed by atoms with Crippen LogP contribution in [-0.2, 0) is 16.6 Å². The van der Waals surface area contributed by atoms with Gasteiger partial charge in [-0.15, -0.1) is 10.2 Å². The maximum Gasteiger partial charge on any atom is 0.243 e. The maximum atomic E-state index is 12.0. The highest BCUT2D eigenvalue weighted by Crippen LogP contribution is 2.19. The van der Waals surface area contributed by atoms with Crippen molar-refractivity contribution in [2.24, 2.45) is 0 Å². The normalized spacial score (nSPS) is 11.1. The number of rotatable bonds is 4. The molecule has 2 aromatic rings. The second-order valence-corrected chi connectivity index (χ2v) is 5.25. The quantitative estimate of drug-likeness (QED) is 0.615. The Morgan fingerprint density at radius 3 is 2.84 bits per heavy atom. The molecule has 0 bridgehead atoms. The Balaban J connectivity index is 2.22. The van der Waals surface area contributed by atoms with Crippen LogP contribution in [0.1, 0.15) is 11.4 Å². The Kier molecular flexibility index (Phi) is 3.41. The van der Waals surface area contributed by atoms with E-state index in [-0.39, 0.29) is 28.5 Å². The van der Waals surface area contributed by atoms with Crippen LogP contribution in [0.25, 0.3) is 0 Å². The molecular formula is C9H9N7O2S. The predicted octanol–water partition coefficient (Wildman–Crippen LogP) is -0.868. The fourth-order valence-electron chi connectivity index (χ4n) is 1.36. The molecule has 10 heteroatoms. The van der Waals surface area contributed by atoms with Crippen molar-refractivity contribution in [3.63, 3.8) is 0 Å². The summed E-state index contributed by atoms with van der Waals surface area (Å²) in [6.45, 7) is -0.113. The van der Waals surface area contributed by atoms with Crippen LogP contribution in [0.5, 0.6) is 0 Å². The zero-order valence-corrected chi connectivity index (χ0v) is 10.3. The van der Waals surface area contributed by atoms with Gasteiger partial charge in [-0.1, -0.05) is 5.21 Å². The van der Waals surface area contributed by atoms with Crippen molar-refractivity contribution in [2.45, 2.75) is 11.4 Å². The van der Waals surface area contributed by atoms with Crippen LogP contribution in [0.4, 0.5) is 5.69 Å². The Morgan fingerprint density at radius 2 is 2.26 bits per heavy atom. The molecule has 0 aliphatic heterocycles. The van der Waals surface area contributed by atoms with Crippen molar-refractivity contribution < 1.29 is 8.42 Å². The molecule has 19 heavy (non-hydrogen) atoms. The first-order valence-electron chi connectivity index (χ1n) is 5.04. The number of nitrogens with two attached hydrogens (primary N) is 1. The average Bonchev–Trinajstić information content (AvgIpc) is 2.89. The second-order valence-electron chi connectivity index (χ2n) is 3.52. The number of anilines is 1. The number of tetrazole rings is 1. The molecule has 0 unspecified atom stereocenters. The fraction of sp³-hybridized carbons (Fsp3) is 0.111. The molecule has 0 amide bonds. The third-order valence-corrected chi connectivity index (χ3v) is 3.71. The first-order valence-corrected chi connectivity index (χ1v) is 6.53. The number of nitrogens with one attached hydrogen (secondary N) is 2. The Labute approximate surface area is 108 Å². The zero-order valence-electron chi connectivity index (χ0n) is 9.53. The lowest BCUT2D eigenvalue weighted by Crippen LogP contribution is -2.24. The van der Waals surface area contributed by atoms with Crippen LogP contribution >= 0.6 is 0 Å². The molecule has 0 saturated carbocycles. The monoisotopic (exact) mass is 279 g/mol. The molecule has 0 atom stereocenters. The summed E-state index contributed by atoms with van der Waals surface area (Å²) in [5.41, 5.74) is 5.90. The van der Waals surface area contributed by atoms with E-state index >= 15 is 0 Å². The summed E-state index contributed by atoms with van der Waals surface area (Å²) in [5, 5.41) is 21.4. The van der Waals surface area contributed by atoms with Gasteiger partial charge in [-0.2, -0.15) is 10.5 Å². The third-order valence-electron chi connectivity index (χ3n) is 2.24. The predicted molar refractivity (Wildman–Crippen MR) is 63.8 cm³/mol. The van der Waals surface area contributed by atoms with Gasteiger partial charge in [0.05, 0.1) is 23.9 Å². The third kappa shape index (κ3) is 2.84. The highest BCUT2D eigenvalue weighted by Gasteiger charge is 2.18. The SMILES string of the molecule is N#Cc1ccc(S(=O)(=O)NCc2nn[nH]n2)c(N)c1. The lowest BCUT2D eigenvalue weighted by molar-refractivity contribution is 0.579. The molecule has 98 valence electrons. The number of hydrogen-bond acceptors (Lipinski definition) is 7. The van der Waals surface area contributed by atoms with Crippen LogP contribution in [0.3, 0.4) is 0 Å². The Bertz CT molecular complexity index is 718. The summed E-state index contributed by atoms with van der Waals surface area (Å²) in [6.07, 6.45) is 0. The molecule has 0 spiro atoms. The highest BCUT2D eigenvalue weighted by molar-refractivity contribution is 7.89. The van der Waals surface area contributed by atoms with Gasteiger partial charge >= 0.3 is 0 Å². The van der Waals surface area contributed by atoms with Gasteiger partial charge in [-0.3, -0.25) is 0 Å². The van der Waals surface area contributed by atoms with Gasteiger partial charge in [-0.05, 0) is 18.2 Å². The molecule has 0 radical (unpaired) electrons. The molecule has 0 aliphatic carbocycles. The van der Waals surface area contributed by atoms with Gasteiger partial charge in [0.25, 0.3) is 0 Å². The molecule has 0 fully saturated rings. The van der Waals surface area contributed by atoms with Crippen molar-refractivity contribution >= 4 is 15.7 Å². The van der Waals surface area contributed by atoms with Crippen LogP contribution in [0, 0.1) is 11.3 Å². The number of aromatic amines is 1. The van der Waals surface area contributed by atoms with E-state index in [4.69, 9.17) is 11.0 Å². The molecule has 0 saturated heterocycles. The van der Waals surface area contributed by atoms with E-state index in [2.05, 4.69) is 25.3 Å². The van der Waals surface area contributed by atoms with Crippen molar-refractivity contribution in [1.82, 2.24) is 25.3 Å². The van der Waals surface area contributed by atoms with Gasteiger partial charge in [0.15, 0.2) is 5.82 Å². The van der Waals surface area contributed by atoms with Crippen molar-refractivity contribution in [1.29, 1.82) is 5.26 Å². The Morgan fingerprint density at radius 1 is 1.47 bits per heavy atom. The molecule has 1 aromatic heterocycles. The van der Waals surface area contributed by atoms with Crippen molar-refractivity contribution in [3.05, 3.63) is 29.6 Å². The molecule has 0 aliphatic rings. The van der Waals surface area contributed by atoms with Gasteiger partial charge < -0.3 is 5.73 Å². The van der Waals surface area contributed by atoms with Gasteiger partial charge in [0.1, 0.15) is 4.90 Å².